The fourth-order valence-corrected chi connectivity index (χ4v) is 2.48. The van der Waals surface area contributed by atoms with Crippen LogP contribution in [0.3, 0.4) is 0 Å². The summed E-state index contributed by atoms with van der Waals surface area (Å²) in [7, 11) is 0. The molecule has 0 aliphatic heterocycles. The molecule has 0 saturated heterocycles. The van der Waals surface area contributed by atoms with Crippen molar-refractivity contribution in [2.75, 3.05) is 0 Å². The maximum absolute atomic E-state index is 12.4. The van der Waals surface area contributed by atoms with E-state index in [2.05, 4.69) is 15.5 Å². The highest BCUT2D eigenvalue weighted by Gasteiger charge is 2.24. The summed E-state index contributed by atoms with van der Waals surface area (Å²) in [5.74, 6) is 0.862. The van der Waals surface area contributed by atoms with E-state index < -0.39 is 0 Å². The number of aromatic nitrogens is 3. The Kier molecular flexibility index (Phi) is 4.90. The monoisotopic (exact) mass is 304 g/mol. The quantitative estimate of drug-likeness (QED) is 0.834. The van der Waals surface area contributed by atoms with E-state index in [0.717, 1.165) is 12.4 Å². The predicted molar refractivity (Wildman–Crippen MR) is 84.6 cm³/mol. The first-order valence-corrected chi connectivity index (χ1v) is 7.46. The van der Waals surface area contributed by atoms with Gasteiger partial charge in [-0.15, -0.1) is 0 Å². The molecular formula is C15H20N4OS. The van der Waals surface area contributed by atoms with Gasteiger partial charge in [0, 0.05) is 12.1 Å². The van der Waals surface area contributed by atoms with Gasteiger partial charge in [0.25, 0.3) is 5.91 Å². The number of nitrogens with one attached hydrogen (secondary N) is 2. The van der Waals surface area contributed by atoms with Gasteiger partial charge < -0.3 is 9.88 Å². The lowest BCUT2D eigenvalue weighted by molar-refractivity contribution is 0.0922. The summed E-state index contributed by atoms with van der Waals surface area (Å²) in [6, 6.07) is 8.99. The lowest BCUT2D eigenvalue weighted by atomic mass is 10.0. The van der Waals surface area contributed by atoms with Gasteiger partial charge in [0.1, 0.15) is 0 Å². The van der Waals surface area contributed by atoms with Crippen molar-refractivity contribution in [2.24, 2.45) is 5.92 Å². The third kappa shape index (κ3) is 3.39. The summed E-state index contributed by atoms with van der Waals surface area (Å²) in [5.41, 5.74) is 0.639. The van der Waals surface area contributed by atoms with Crippen molar-refractivity contribution in [3.63, 3.8) is 0 Å². The smallest absolute Gasteiger partial charge is 0.251 e. The number of H-pyrrole nitrogens is 1. The minimum absolute atomic E-state index is 0.106. The average molecular weight is 304 g/mol. The molecule has 5 nitrogen and oxygen atoms in total. The molecular weight excluding hydrogens is 284 g/mol. The van der Waals surface area contributed by atoms with E-state index >= 15 is 0 Å². The van der Waals surface area contributed by atoms with Gasteiger partial charge >= 0.3 is 0 Å². The van der Waals surface area contributed by atoms with Crippen LogP contribution in [0.2, 0.25) is 0 Å². The molecule has 0 saturated carbocycles. The Morgan fingerprint density at radius 1 is 1.38 bits per heavy atom. The molecule has 1 heterocycles. The van der Waals surface area contributed by atoms with Crippen LogP contribution in [0.15, 0.2) is 30.3 Å². The third-order valence-corrected chi connectivity index (χ3v) is 3.68. The zero-order valence-corrected chi connectivity index (χ0v) is 13.3. The average Bonchev–Trinajstić information content (AvgIpc) is 2.85. The van der Waals surface area contributed by atoms with Crippen LogP contribution in [-0.4, -0.2) is 20.7 Å². The van der Waals surface area contributed by atoms with Crippen LogP contribution in [-0.2, 0) is 6.54 Å². The van der Waals surface area contributed by atoms with Crippen LogP contribution >= 0.6 is 12.2 Å². The Hall–Kier alpha value is -1.95. The van der Waals surface area contributed by atoms with E-state index in [-0.39, 0.29) is 17.9 Å². The fourth-order valence-electron chi connectivity index (χ4n) is 2.22. The molecule has 1 aromatic carbocycles. The number of aromatic amines is 1. The molecule has 0 bridgehead atoms. The molecule has 1 amide bonds. The van der Waals surface area contributed by atoms with Crippen LogP contribution in [0.4, 0.5) is 0 Å². The number of carbonyl (C=O) groups is 1. The number of hydrogen-bond acceptors (Lipinski definition) is 3. The number of nitrogens with zero attached hydrogens (tertiary/aromatic N) is 2. The van der Waals surface area contributed by atoms with Crippen molar-refractivity contribution < 1.29 is 4.79 Å². The number of carbonyl (C=O) groups excluding carboxylic acids is 1. The van der Waals surface area contributed by atoms with E-state index in [4.69, 9.17) is 12.2 Å². The van der Waals surface area contributed by atoms with Crippen molar-refractivity contribution in [1.82, 2.24) is 20.1 Å². The molecule has 0 aliphatic rings. The van der Waals surface area contributed by atoms with Crippen molar-refractivity contribution in [3.8, 4) is 0 Å². The standard InChI is InChI=1S/C15H20N4OS/c1-4-19-13(17-18-15(19)21)12(10(2)3)16-14(20)11-8-6-5-7-9-11/h5-10,12H,4H2,1-3H3,(H,16,20)(H,18,21)/t12-/m0/s1. The maximum Gasteiger partial charge on any atom is 0.251 e. The normalized spacial score (nSPS) is 12.4. The fraction of sp³-hybridized carbons (Fsp3) is 0.400. The summed E-state index contributed by atoms with van der Waals surface area (Å²) >= 11 is 5.22. The van der Waals surface area contributed by atoms with Gasteiger partial charge in [0.15, 0.2) is 10.6 Å². The highest BCUT2D eigenvalue weighted by molar-refractivity contribution is 7.71. The predicted octanol–water partition coefficient (Wildman–Crippen LogP) is 3.09. The molecule has 2 aromatic rings. The Morgan fingerprint density at radius 3 is 2.62 bits per heavy atom. The van der Waals surface area contributed by atoms with Gasteiger partial charge in [-0.2, -0.15) is 5.10 Å². The summed E-state index contributed by atoms with van der Waals surface area (Å²) < 4.78 is 2.48. The Labute approximate surface area is 129 Å². The lowest BCUT2D eigenvalue weighted by Gasteiger charge is -2.22. The van der Waals surface area contributed by atoms with Crippen molar-refractivity contribution in [2.45, 2.75) is 33.4 Å². The molecule has 0 fully saturated rings. The molecule has 1 aromatic heterocycles. The highest BCUT2D eigenvalue weighted by atomic mass is 32.1. The van der Waals surface area contributed by atoms with E-state index in [0.29, 0.717) is 10.3 Å². The second kappa shape index (κ2) is 6.67. The number of amides is 1. The Bertz CT molecular complexity index is 660. The zero-order valence-electron chi connectivity index (χ0n) is 12.5. The van der Waals surface area contributed by atoms with Crippen LogP contribution in [0.25, 0.3) is 0 Å². The third-order valence-electron chi connectivity index (χ3n) is 3.37. The molecule has 21 heavy (non-hydrogen) atoms. The Balaban J connectivity index is 2.28. The second-order valence-corrected chi connectivity index (χ2v) is 5.58. The van der Waals surface area contributed by atoms with Crippen LogP contribution in [0.5, 0.6) is 0 Å². The van der Waals surface area contributed by atoms with Crippen LogP contribution < -0.4 is 5.32 Å². The number of rotatable bonds is 5. The molecule has 6 heteroatoms. The van der Waals surface area contributed by atoms with E-state index in [9.17, 15) is 4.79 Å². The largest absolute Gasteiger partial charge is 0.342 e. The lowest BCUT2D eigenvalue weighted by Crippen LogP contribution is -2.33. The summed E-state index contributed by atoms with van der Waals surface area (Å²) in [6.45, 7) is 6.82. The van der Waals surface area contributed by atoms with Crippen molar-refractivity contribution >= 4 is 18.1 Å². The topological polar surface area (TPSA) is 62.7 Å². The molecule has 0 aliphatic carbocycles. The number of benzene rings is 1. The molecule has 0 unspecified atom stereocenters. The van der Waals surface area contributed by atoms with Crippen molar-refractivity contribution in [3.05, 3.63) is 46.5 Å². The van der Waals surface area contributed by atoms with Crippen LogP contribution in [0.1, 0.15) is 43.0 Å². The first kappa shape index (κ1) is 15.4. The van der Waals surface area contributed by atoms with Gasteiger partial charge in [-0.3, -0.25) is 9.89 Å². The molecule has 0 spiro atoms. The first-order valence-electron chi connectivity index (χ1n) is 7.05. The molecule has 2 rings (SSSR count). The van der Waals surface area contributed by atoms with Crippen molar-refractivity contribution in [1.29, 1.82) is 0 Å². The van der Waals surface area contributed by atoms with Gasteiger partial charge in [-0.25, -0.2) is 0 Å². The molecule has 1 atom stereocenters. The summed E-state index contributed by atoms with van der Waals surface area (Å²) in [4.78, 5) is 12.4. The minimum atomic E-state index is -0.189. The van der Waals surface area contributed by atoms with Crippen LogP contribution in [0, 0.1) is 10.7 Å². The summed E-state index contributed by atoms with van der Waals surface area (Å²) in [6.07, 6.45) is 0. The zero-order chi connectivity index (χ0) is 15.4. The van der Waals surface area contributed by atoms with E-state index in [1.165, 1.54) is 0 Å². The molecule has 112 valence electrons. The molecule has 2 N–H and O–H groups in total. The van der Waals surface area contributed by atoms with Gasteiger partial charge in [0.05, 0.1) is 6.04 Å². The van der Waals surface area contributed by atoms with Gasteiger partial charge in [-0.1, -0.05) is 32.0 Å². The second-order valence-electron chi connectivity index (χ2n) is 5.19. The summed E-state index contributed by atoms with van der Waals surface area (Å²) in [5, 5.41) is 10.1. The Morgan fingerprint density at radius 2 is 2.05 bits per heavy atom. The first-order chi connectivity index (χ1) is 10.0. The maximum atomic E-state index is 12.4. The minimum Gasteiger partial charge on any atom is -0.342 e. The number of hydrogen-bond donors (Lipinski definition) is 2. The van der Waals surface area contributed by atoms with E-state index in [1.54, 1.807) is 12.1 Å². The van der Waals surface area contributed by atoms with E-state index in [1.807, 2.05) is 43.5 Å². The highest BCUT2D eigenvalue weighted by Crippen LogP contribution is 2.20. The van der Waals surface area contributed by atoms with Gasteiger partial charge in [-0.05, 0) is 37.2 Å². The SMILES string of the molecule is CCn1c([C@@H](NC(=O)c2ccccc2)C(C)C)n[nH]c1=S. The van der Waals surface area contributed by atoms with Gasteiger partial charge in [0.2, 0.25) is 0 Å². The molecule has 0 radical (unpaired) electrons.